The summed E-state index contributed by atoms with van der Waals surface area (Å²) in [7, 11) is 0. The maximum absolute atomic E-state index is 13.5. The number of anilines is 1. The molecule has 5 nitrogen and oxygen atoms in total. The number of nitriles is 2. The zero-order chi connectivity index (χ0) is 16.7. The number of nitrogens with zero attached hydrogens (tertiary/aromatic N) is 3. The summed E-state index contributed by atoms with van der Waals surface area (Å²) in [6.45, 7) is 0. The Morgan fingerprint density at radius 2 is 1.83 bits per heavy atom. The van der Waals surface area contributed by atoms with Gasteiger partial charge in [0, 0.05) is 12.0 Å². The highest BCUT2D eigenvalue weighted by molar-refractivity contribution is 6.10. The third-order valence-electron chi connectivity index (χ3n) is 2.99. The van der Waals surface area contributed by atoms with Crippen LogP contribution in [0.4, 0.5) is 10.1 Å². The Morgan fingerprint density at radius 1 is 1.13 bits per heavy atom. The number of hydrogen-bond donors (Lipinski definition) is 1. The summed E-state index contributed by atoms with van der Waals surface area (Å²) in [5.41, 5.74) is 3.21. The molecule has 1 N–H and O–H groups in total. The molecule has 0 atom stereocenters. The van der Waals surface area contributed by atoms with E-state index in [1.54, 1.807) is 24.3 Å². The number of nitrogens with one attached hydrogen (secondary N) is 1. The van der Waals surface area contributed by atoms with Gasteiger partial charge in [0.05, 0.1) is 5.69 Å². The third-order valence-corrected chi connectivity index (χ3v) is 2.99. The lowest BCUT2D eigenvalue weighted by molar-refractivity contribution is 0.0993. The second kappa shape index (κ2) is 7.48. The minimum absolute atomic E-state index is 0.103. The van der Waals surface area contributed by atoms with Gasteiger partial charge in [-0.3, -0.25) is 10.2 Å². The van der Waals surface area contributed by atoms with Crippen molar-refractivity contribution in [1.29, 1.82) is 10.5 Å². The highest BCUT2D eigenvalue weighted by Crippen LogP contribution is 2.19. The summed E-state index contributed by atoms with van der Waals surface area (Å²) in [6, 6.07) is 15.8. The number of carbonyl (C=O) groups excluding carboxylic acids is 1. The lowest BCUT2D eigenvalue weighted by Gasteiger charge is -2.08. The Morgan fingerprint density at radius 3 is 2.48 bits per heavy atom. The van der Waals surface area contributed by atoms with Crippen LogP contribution in [0, 0.1) is 28.5 Å². The Hall–Kier alpha value is -3.51. The lowest BCUT2D eigenvalue weighted by atomic mass is 10.0. The van der Waals surface area contributed by atoms with E-state index in [1.807, 2.05) is 18.2 Å². The molecule has 0 unspecified atom stereocenters. The van der Waals surface area contributed by atoms with Crippen molar-refractivity contribution in [2.75, 3.05) is 5.43 Å². The number of rotatable bonds is 5. The van der Waals surface area contributed by atoms with Gasteiger partial charge in [-0.25, -0.2) is 4.39 Å². The molecule has 0 bridgehead atoms. The molecule has 2 rings (SSSR count). The number of hydrogen-bond acceptors (Lipinski definition) is 5. The van der Waals surface area contributed by atoms with Crippen molar-refractivity contribution in [2.45, 2.75) is 6.42 Å². The number of halogens is 1. The summed E-state index contributed by atoms with van der Waals surface area (Å²) in [5, 5.41) is 20.9. The average Bonchev–Trinajstić information content (AvgIpc) is 2.57. The maximum Gasteiger partial charge on any atom is 0.237 e. The molecule has 0 aliphatic carbocycles. The summed E-state index contributed by atoms with van der Waals surface area (Å²) < 4.78 is 13.5. The van der Waals surface area contributed by atoms with Crippen molar-refractivity contribution in [3.8, 4) is 12.1 Å². The number of carbonyl (C=O) groups is 1. The summed E-state index contributed by atoms with van der Waals surface area (Å²) >= 11 is 0. The van der Waals surface area contributed by atoms with E-state index in [9.17, 15) is 9.18 Å². The van der Waals surface area contributed by atoms with Crippen LogP contribution >= 0.6 is 0 Å². The number of ketones is 1. The molecular formula is C17H11FN4O. The predicted octanol–water partition coefficient (Wildman–Crippen LogP) is 3.07. The fourth-order valence-corrected chi connectivity index (χ4v) is 1.91. The highest BCUT2D eigenvalue weighted by Gasteiger charge is 2.13. The third kappa shape index (κ3) is 4.23. The molecule has 6 heteroatoms. The minimum atomic E-state index is -0.559. The van der Waals surface area contributed by atoms with Crippen LogP contribution < -0.4 is 5.43 Å². The molecule has 0 fully saturated rings. The van der Waals surface area contributed by atoms with Crippen LogP contribution in [-0.2, 0) is 6.42 Å². The summed E-state index contributed by atoms with van der Waals surface area (Å²) in [6.07, 6.45) is 0.103. The van der Waals surface area contributed by atoms with Crippen molar-refractivity contribution >= 4 is 17.2 Å². The Bertz CT molecular complexity index is 816. The van der Waals surface area contributed by atoms with E-state index in [0.717, 1.165) is 17.7 Å². The van der Waals surface area contributed by atoms with Crippen LogP contribution in [0.25, 0.3) is 0 Å². The van der Waals surface area contributed by atoms with Gasteiger partial charge in [0.1, 0.15) is 18.0 Å². The molecule has 0 aliphatic heterocycles. The van der Waals surface area contributed by atoms with Gasteiger partial charge < -0.3 is 0 Å². The average molecular weight is 306 g/mol. The SMILES string of the molecule is N#CC(C#N)=NNc1ccc(F)cc1C(=O)Cc1ccccc1. The molecule has 0 saturated heterocycles. The normalized spacial score (nSPS) is 9.35. The quantitative estimate of drug-likeness (QED) is 0.522. The van der Waals surface area contributed by atoms with Crippen molar-refractivity contribution in [1.82, 2.24) is 0 Å². The van der Waals surface area contributed by atoms with Crippen LogP contribution in [0.2, 0.25) is 0 Å². The van der Waals surface area contributed by atoms with Gasteiger partial charge in [0.15, 0.2) is 5.78 Å². The Balaban J connectivity index is 2.29. The highest BCUT2D eigenvalue weighted by atomic mass is 19.1. The van der Waals surface area contributed by atoms with Gasteiger partial charge in [0.25, 0.3) is 0 Å². The lowest BCUT2D eigenvalue weighted by Crippen LogP contribution is -2.08. The molecule has 0 radical (unpaired) electrons. The second-order valence-electron chi connectivity index (χ2n) is 4.57. The van der Waals surface area contributed by atoms with E-state index in [2.05, 4.69) is 10.5 Å². The number of Topliss-reactive ketones (excluding diaryl/α,β-unsaturated/α-hetero) is 1. The van der Waals surface area contributed by atoms with E-state index in [1.165, 1.54) is 6.07 Å². The van der Waals surface area contributed by atoms with Gasteiger partial charge in [-0.1, -0.05) is 30.3 Å². The molecule has 2 aromatic rings. The molecule has 0 aliphatic rings. The molecule has 0 amide bonds. The van der Waals surface area contributed by atoms with Gasteiger partial charge in [-0.2, -0.15) is 15.6 Å². The topological polar surface area (TPSA) is 89.0 Å². The summed E-state index contributed by atoms with van der Waals surface area (Å²) in [4.78, 5) is 12.4. The smallest absolute Gasteiger partial charge is 0.237 e. The molecule has 0 saturated carbocycles. The zero-order valence-corrected chi connectivity index (χ0v) is 12.0. The van der Waals surface area contributed by atoms with Crippen molar-refractivity contribution in [3.63, 3.8) is 0 Å². The molecule has 112 valence electrons. The monoisotopic (exact) mass is 306 g/mol. The van der Waals surface area contributed by atoms with Crippen molar-refractivity contribution < 1.29 is 9.18 Å². The van der Waals surface area contributed by atoms with E-state index >= 15 is 0 Å². The van der Waals surface area contributed by atoms with Gasteiger partial charge >= 0.3 is 0 Å². The van der Waals surface area contributed by atoms with E-state index in [-0.39, 0.29) is 23.5 Å². The zero-order valence-electron chi connectivity index (χ0n) is 12.0. The molecule has 0 aromatic heterocycles. The number of hydrazone groups is 1. The van der Waals surface area contributed by atoms with E-state index in [4.69, 9.17) is 10.5 Å². The van der Waals surface area contributed by atoms with Crippen LogP contribution in [0.3, 0.4) is 0 Å². The van der Waals surface area contributed by atoms with Crippen LogP contribution in [0.15, 0.2) is 53.6 Å². The van der Waals surface area contributed by atoms with Crippen LogP contribution in [-0.4, -0.2) is 11.5 Å². The van der Waals surface area contributed by atoms with Gasteiger partial charge in [-0.05, 0) is 23.8 Å². The van der Waals surface area contributed by atoms with Crippen LogP contribution in [0.5, 0.6) is 0 Å². The largest absolute Gasteiger partial charge is 0.294 e. The fraction of sp³-hybridized carbons (Fsp3) is 0.0588. The predicted molar refractivity (Wildman–Crippen MR) is 83.2 cm³/mol. The Kier molecular flexibility index (Phi) is 5.16. The molecule has 2 aromatic carbocycles. The van der Waals surface area contributed by atoms with Crippen molar-refractivity contribution in [3.05, 3.63) is 65.5 Å². The van der Waals surface area contributed by atoms with Gasteiger partial charge in [0.2, 0.25) is 5.71 Å². The molecule has 23 heavy (non-hydrogen) atoms. The molecule has 0 spiro atoms. The second-order valence-corrected chi connectivity index (χ2v) is 4.57. The Labute approximate surface area is 132 Å². The van der Waals surface area contributed by atoms with Crippen LogP contribution in [0.1, 0.15) is 15.9 Å². The van der Waals surface area contributed by atoms with E-state index < -0.39 is 11.5 Å². The van der Waals surface area contributed by atoms with Crippen molar-refractivity contribution in [2.24, 2.45) is 5.10 Å². The molecular weight excluding hydrogens is 295 g/mol. The standard InChI is InChI=1S/C17H11FN4O/c18-13-6-7-16(22-21-14(10-19)11-20)15(9-13)17(23)8-12-4-2-1-3-5-12/h1-7,9,22H,8H2. The first-order valence-corrected chi connectivity index (χ1v) is 6.64. The first-order chi connectivity index (χ1) is 11.1. The first-order valence-electron chi connectivity index (χ1n) is 6.64. The van der Waals surface area contributed by atoms with Gasteiger partial charge in [-0.15, -0.1) is 0 Å². The van der Waals surface area contributed by atoms with E-state index in [0.29, 0.717) is 0 Å². The number of benzene rings is 2. The summed E-state index contributed by atoms with van der Waals surface area (Å²) in [5.74, 6) is -0.861. The molecule has 0 heterocycles. The first kappa shape index (κ1) is 15.9. The fourth-order valence-electron chi connectivity index (χ4n) is 1.91. The maximum atomic E-state index is 13.5. The minimum Gasteiger partial charge on any atom is -0.294 e.